The third-order valence-electron chi connectivity index (χ3n) is 2.50. The second-order valence-corrected chi connectivity index (χ2v) is 4.60. The van der Waals surface area contributed by atoms with Gasteiger partial charge in [0.2, 0.25) is 0 Å². The maximum Gasteiger partial charge on any atom is 0.0855 e. The number of aryl methyl sites for hydroxylation is 1. The number of rotatable bonds is 5. The van der Waals surface area contributed by atoms with E-state index < -0.39 is 0 Å². The van der Waals surface area contributed by atoms with Crippen LogP contribution in [0.5, 0.6) is 0 Å². The van der Waals surface area contributed by atoms with Crippen LogP contribution >= 0.6 is 11.3 Å². The normalized spacial score (nSPS) is 12.9. The lowest BCUT2D eigenvalue weighted by atomic mass is 10.2. The van der Waals surface area contributed by atoms with Crippen molar-refractivity contribution in [1.82, 2.24) is 20.3 Å². The monoisotopic (exact) mass is 236 g/mol. The molecule has 5 heteroatoms. The summed E-state index contributed by atoms with van der Waals surface area (Å²) in [4.78, 5) is 1.29. The van der Waals surface area contributed by atoms with Crippen LogP contribution in [0.4, 0.5) is 0 Å². The molecule has 86 valence electrons. The first-order chi connectivity index (χ1) is 7.86. The van der Waals surface area contributed by atoms with Gasteiger partial charge >= 0.3 is 0 Å². The molecule has 0 aliphatic carbocycles. The lowest BCUT2D eigenvalue weighted by Gasteiger charge is -2.15. The molecule has 1 unspecified atom stereocenters. The third-order valence-corrected chi connectivity index (χ3v) is 3.43. The van der Waals surface area contributed by atoms with Crippen LogP contribution in [0.15, 0.2) is 23.7 Å². The molecule has 0 aromatic carbocycles. The van der Waals surface area contributed by atoms with Crippen LogP contribution in [-0.4, -0.2) is 22.0 Å². The summed E-state index contributed by atoms with van der Waals surface area (Å²) in [5.41, 5.74) is 1.13. The lowest BCUT2D eigenvalue weighted by Crippen LogP contribution is -2.20. The van der Waals surface area contributed by atoms with Crippen LogP contribution in [0.3, 0.4) is 0 Å². The lowest BCUT2D eigenvalue weighted by molar-refractivity contribution is 0.526. The number of thiophene rings is 1. The van der Waals surface area contributed by atoms with E-state index in [9.17, 15) is 0 Å². The van der Waals surface area contributed by atoms with E-state index >= 15 is 0 Å². The Hall–Kier alpha value is -1.20. The van der Waals surface area contributed by atoms with E-state index in [0.717, 1.165) is 18.7 Å². The molecule has 0 saturated carbocycles. The molecule has 0 amide bonds. The summed E-state index contributed by atoms with van der Waals surface area (Å²) < 4.78 is 1.97. The summed E-state index contributed by atoms with van der Waals surface area (Å²) in [6.45, 7) is 3.06. The average Bonchev–Trinajstić information content (AvgIpc) is 2.92. The first-order valence-electron chi connectivity index (χ1n) is 5.46. The maximum absolute atomic E-state index is 4.12. The smallest absolute Gasteiger partial charge is 0.0855 e. The molecule has 1 N–H and O–H groups in total. The van der Waals surface area contributed by atoms with Crippen molar-refractivity contribution in [3.8, 4) is 0 Å². The molecule has 2 aromatic heterocycles. The summed E-state index contributed by atoms with van der Waals surface area (Å²) in [6, 6.07) is 4.40. The van der Waals surface area contributed by atoms with Crippen molar-refractivity contribution in [3.63, 3.8) is 0 Å². The SMILES string of the molecule is CCCn1nncc1C(NC)c1cccs1. The first kappa shape index (κ1) is 11.3. The van der Waals surface area contributed by atoms with Gasteiger partial charge < -0.3 is 5.32 Å². The molecule has 2 heterocycles. The first-order valence-corrected chi connectivity index (χ1v) is 6.33. The highest BCUT2D eigenvalue weighted by atomic mass is 32.1. The Bertz CT molecular complexity index is 421. The minimum Gasteiger partial charge on any atom is -0.307 e. The van der Waals surface area contributed by atoms with Crippen LogP contribution in [0.2, 0.25) is 0 Å². The quantitative estimate of drug-likeness (QED) is 0.864. The predicted octanol–water partition coefficient (Wildman–Crippen LogP) is 2.06. The van der Waals surface area contributed by atoms with Crippen LogP contribution in [-0.2, 0) is 6.54 Å². The number of hydrogen-bond acceptors (Lipinski definition) is 4. The van der Waals surface area contributed by atoms with E-state index in [2.05, 4.69) is 40.1 Å². The van der Waals surface area contributed by atoms with Crippen LogP contribution in [0, 0.1) is 0 Å². The standard InChI is InChI=1S/C11H16N4S/c1-3-6-15-9(8-13-14-15)11(12-2)10-5-4-7-16-10/h4-5,7-8,11-12H,3,6H2,1-2H3. The topological polar surface area (TPSA) is 42.7 Å². The van der Waals surface area contributed by atoms with E-state index in [1.165, 1.54) is 4.88 Å². The molecular formula is C11H16N4S. The number of hydrogen-bond donors (Lipinski definition) is 1. The van der Waals surface area contributed by atoms with Gasteiger partial charge in [-0.05, 0) is 24.9 Å². The fraction of sp³-hybridized carbons (Fsp3) is 0.455. The Labute approximate surface area is 99.3 Å². The predicted molar refractivity (Wildman–Crippen MR) is 65.5 cm³/mol. The summed E-state index contributed by atoms with van der Waals surface area (Å²) in [7, 11) is 1.97. The van der Waals surface area contributed by atoms with Crippen molar-refractivity contribution >= 4 is 11.3 Å². The molecule has 1 atom stereocenters. The average molecular weight is 236 g/mol. The van der Waals surface area contributed by atoms with Gasteiger partial charge in [0.15, 0.2) is 0 Å². The van der Waals surface area contributed by atoms with Gasteiger partial charge in [-0.1, -0.05) is 18.2 Å². The van der Waals surface area contributed by atoms with Crippen molar-refractivity contribution in [2.45, 2.75) is 25.9 Å². The highest BCUT2D eigenvalue weighted by molar-refractivity contribution is 7.10. The zero-order valence-electron chi connectivity index (χ0n) is 9.55. The fourth-order valence-electron chi connectivity index (χ4n) is 1.77. The van der Waals surface area contributed by atoms with Crippen molar-refractivity contribution < 1.29 is 0 Å². The van der Waals surface area contributed by atoms with Gasteiger partial charge in [0.25, 0.3) is 0 Å². The van der Waals surface area contributed by atoms with E-state index in [-0.39, 0.29) is 6.04 Å². The van der Waals surface area contributed by atoms with Gasteiger partial charge in [0.05, 0.1) is 17.9 Å². The Morgan fingerprint density at radius 3 is 3.06 bits per heavy atom. The zero-order chi connectivity index (χ0) is 11.4. The van der Waals surface area contributed by atoms with Crippen LogP contribution < -0.4 is 5.32 Å². The van der Waals surface area contributed by atoms with Gasteiger partial charge in [0, 0.05) is 11.4 Å². The second-order valence-electron chi connectivity index (χ2n) is 3.62. The molecule has 2 aromatic rings. The molecule has 0 radical (unpaired) electrons. The Morgan fingerprint density at radius 2 is 2.44 bits per heavy atom. The third kappa shape index (κ3) is 2.15. The van der Waals surface area contributed by atoms with Gasteiger partial charge in [-0.25, -0.2) is 4.68 Å². The van der Waals surface area contributed by atoms with Gasteiger partial charge in [-0.15, -0.1) is 16.4 Å². The Balaban J connectivity index is 2.30. The summed E-state index contributed by atoms with van der Waals surface area (Å²) in [6.07, 6.45) is 2.91. The minimum absolute atomic E-state index is 0.196. The fourth-order valence-corrected chi connectivity index (χ4v) is 2.61. The van der Waals surface area contributed by atoms with Crippen molar-refractivity contribution in [2.24, 2.45) is 0 Å². The molecule has 0 saturated heterocycles. The Morgan fingerprint density at radius 1 is 1.56 bits per heavy atom. The van der Waals surface area contributed by atoms with Gasteiger partial charge in [-0.3, -0.25) is 0 Å². The van der Waals surface area contributed by atoms with Crippen LogP contribution in [0.25, 0.3) is 0 Å². The molecule has 0 aliphatic heterocycles. The Kier molecular flexibility index (Phi) is 3.69. The summed E-state index contributed by atoms with van der Waals surface area (Å²) in [5, 5.41) is 13.5. The molecular weight excluding hydrogens is 220 g/mol. The molecule has 2 rings (SSSR count). The van der Waals surface area contributed by atoms with E-state index in [0.29, 0.717) is 0 Å². The van der Waals surface area contributed by atoms with Gasteiger partial charge in [0.1, 0.15) is 0 Å². The van der Waals surface area contributed by atoms with Crippen molar-refractivity contribution in [2.75, 3.05) is 7.05 Å². The molecule has 0 aliphatic rings. The van der Waals surface area contributed by atoms with E-state index in [1.807, 2.05) is 17.9 Å². The molecule has 0 fully saturated rings. The van der Waals surface area contributed by atoms with Crippen molar-refractivity contribution in [1.29, 1.82) is 0 Å². The minimum atomic E-state index is 0.196. The van der Waals surface area contributed by atoms with Crippen LogP contribution in [0.1, 0.15) is 30.0 Å². The maximum atomic E-state index is 4.12. The second kappa shape index (κ2) is 5.23. The number of aromatic nitrogens is 3. The molecule has 0 spiro atoms. The zero-order valence-corrected chi connectivity index (χ0v) is 10.4. The van der Waals surface area contributed by atoms with E-state index in [1.54, 1.807) is 11.3 Å². The molecule has 4 nitrogen and oxygen atoms in total. The highest BCUT2D eigenvalue weighted by Gasteiger charge is 2.17. The summed E-state index contributed by atoms with van der Waals surface area (Å²) >= 11 is 1.75. The van der Waals surface area contributed by atoms with Gasteiger partial charge in [-0.2, -0.15) is 0 Å². The molecule has 16 heavy (non-hydrogen) atoms. The largest absolute Gasteiger partial charge is 0.307 e. The van der Waals surface area contributed by atoms with Crippen molar-refractivity contribution in [3.05, 3.63) is 34.3 Å². The van der Waals surface area contributed by atoms with E-state index in [4.69, 9.17) is 0 Å². The molecule has 0 bridgehead atoms. The highest BCUT2D eigenvalue weighted by Crippen LogP contribution is 2.24. The number of nitrogens with zero attached hydrogens (tertiary/aromatic N) is 3. The summed E-state index contributed by atoms with van der Waals surface area (Å²) in [5.74, 6) is 0. The number of nitrogens with one attached hydrogen (secondary N) is 1.